The molecule has 0 bridgehead atoms. The predicted octanol–water partition coefficient (Wildman–Crippen LogP) is 4.04. The fourth-order valence-electron chi connectivity index (χ4n) is 4.68. The number of carbonyl (C=O) groups is 2. The Hall–Kier alpha value is -3.26. The number of esters is 1. The van der Waals surface area contributed by atoms with Gasteiger partial charge < -0.3 is 23.5 Å². The van der Waals surface area contributed by atoms with Gasteiger partial charge in [0.2, 0.25) is 12.7 Å². The van der Waals surface area contributed by atoms with Gasteiger partial charge >= 0.3 is 5.97 Å². The van der Waals surface area contributed by atoms with E-state index in [1.807, 2.05) is 39.8 Å². The molecule has 0 N–H and O–H groups in total. The predicted molar refractivity (Wildman–Crippen MR) is 125 cm³/mol. The zero-order valence-corrected chi connectivity index (χ0v) is 19.7. The molecule has 5 rings (SSSR count). The summed E-state index contributed by atoms with van der Waals surface area (Å²) in [6.07, 6.45) is 5.09. The number of benzene rings is 1. The van der Waals surface area contributed by atoms with Gasteiger partial charge in [-0.25, -0.2) is 4.98 Å². The molecule has 9 heteroatoms. The maximum absolute atomic E-state index is 13.4. The molecule has 0 radical (unpaired) electrons. The molecule has 0 aliphatic carbocycles. The van der Waals surface area contributed by atoms with Crippen LogP contribution in [0.15, 0.2) is 42.7 Å². The van der Waals surface area contributed by atoms with E-state index in [2.05, 4.69) is 4.98 Å². The molecule has 8 nitrogen and oxygen atoms in total. The molecule has 2 aliphatic heterocycles. The Kier molecular flexibility index (Phi) is 6.32. The zero-order chi connectivity index (χ0) is 23.7. The monoisotopic (exact) mass is 483 g/mol. The van der Waals surface area contributed by atoms with Crippen molar-refractivity contribution in [2.24, 2.45) is 5.92 Å². The van der Waals surface area contributed by atoms with E-state index in [-0.39, 0.29) is 36.9 Å². The van der Waals surface area contributed by atoms with Crippen molar-refractivity contribution in [1.82, 2.24) is 14.3 Å². The van der Waals surface area contributed by atoms with Crippen LogP contribution in [0.5, 0.6) is 11.5 Å². The second kappa shape index (κ2) is 9.54. The molecule has 34 heavy (non-hydrogen) atoms. The minimum atomic E-state index is -0.266. The zero-order valence-electron chi connectivity index (χ0n) is 18.9. The summed E-state index contributed by atoms with van der Waals surface area (Å²) in [5, 5.41) is 0.587. The molecule has 1 amide bonds. The number of imidazole rings is 1. The summed E-state index contributed by atoms with van der Waals surface area (Å²) in [4.78, 5) is 31.8. The topological polar surface area (TPSA) is 82.4 Å². The molecule has 3 aromatic rings. The van der Waals surface area contributed by atoms with Crippen LogP contribution >= 0.6 is 11.6 Å². The average molecular weight is 484 g/mol. The van der Waals surface area contributed by atoms with Crippen molar-refractivity contribution < 1.29 is 23.8 Å². The standard InChI is InChI=1S/C25H26ClN3O5/c1-2-32-25(31)16-7-9-28(10-8-16)24(30)12-19(17-3-5-21-22(11-17)34-15-33-21)20-13-27-23-6-4-18(26)14-29(20)23/h3-6,11,13-14,16,19H,2,7-10,12,15H2,1H3. The summed E-state index contributed by atoms with van der Waals surface area (Å²) in [5.41, 5.74) is 2.56. The number of piperidine rings is 1. The number of fused-ring (bicyclic) bond motifs is 2. The minimum Gasteiger partial charge on any atom is -0.466 e. The van der Waals surface area contributed by atoms with Crippen molar-refractivity contribution in [3.8, 4) is 11.5 Å². The second-order valence-corrected chi connectivity index (χ2v) is 8.97. The van der Waals surface area contributed by atoms with Crippen LogP contribution in [0.1, 0.15) is 43.4 Å². The third-order valence-electron chi connectivity index (χ3n) is 6.50. The van der Waals surface area contributed by atoms with Gasteiger partial charge in [-0.15, -0.1) is 0 Å². The SMILES string of the molecule is CCOC(=O)C1CCN(C(=O)CC(c2ccc3c(c2)OCO3)c2cnc3ccc(Cl)cn23)CC1. The molecular weight excluding hydrogens is 458 g/mol. The number of nitrogens with zero attached hydrogens (tertiary/aromatic N) is 3. The number of halogens is 1. The third-order valence-corrected chi connectivity index (χ3v) is 6.72. The van der Waals surface area contributed by atoms with Crippen LogP contribution in [0.3, 0.4) is 0 Å². The van der Waals surface area contributed by atoms with Crippen molar-refractivity contribution in [2.75, 3.05) is 26.5 Å². The number of amides is 1. The van der Waals surface area contributed by atoms with Gasteiger partial charge in [0.1, 0.15) is 5.65 Å². The number of likely N-dealkylation sites (tertiary alicyclic amines) is 1. The van der Waals surface area contributed by atoms with Crippen molar-refractivity contribution in [1.29, 1.82) is 0 Å². The molecule has 1 atom stereocenters. The molecule has 1 unspecified atom stereocenters. The maximum Gasteiger partial charge on any atom is 0.309 e. The summed E-state index contributed by atoms with van der Waals surface area (Å²) in [5.74, 6) is 0.804. The number of carbonyl (C=O) groups excluding carboxylic acids is 2. The van der Waals surface area contributed by atoms with Gasteiger partial charge in [0.05, 0.1) is 23.2 Å². The lowest BCUT2D eigenvalue weighted by atomic mass is 9.90. The van der Waals surface area contributed by atoms with Crippen LogP contribution in [0.2, 0.25) is 5.02 Å². The lowest BCUT2D eigenvalue weighted by molar-refractivity contribution is -0.151. The van der Waals surface area contributed by atoms with Crippen LogP contribution in [-0.4, -0.2) is 52.7 Å². The van der Waals surface area contributed by atoms with Crippen LogP contribution < -0.4 is 9.47 Å². The Morgan fingerprint density at radius 1 is 1.18 bits per heavy atom. The second-order valence-electron chi connectivity index (χ2n) is 8.54. The van der Waals surface area contributed by atoms with E-state index < -0.39 is 0 Å². The van der Waals surface area contributed by atoms with Gasteiger partial charge in [-0.2, -0.15) is 0 Å². The number of pyridine rings is 1. The first-order chi connectivity index (χ1) is 16.5. The van der Waals surface area contributed by atoms with Crippen molar-refractivity contribution >= 4 is 29.1 Å². The van der Waals surface area contributed by atoms with Gasteiger partial charge in [0.15, 0.2) is 11.5 Å². The van der Waals surface area contributed by atoms with E-state index in [4.69, 9.17) is 25.8 Å². The summed E-state index contributed by atoms with van der Waals surface area (Å²) in [7, 11) is 0. The van der Waals surface area contributed by atoms with Crippen LogP contribution in [-0.2, 0) is 14.3 Å². The highest BCUT2D eigenvalue weighted by Gasteiger charge is 2.31. The number of ether oxygens (including phenoxy) is 3. The largest absolute Gasteiger partial charge is 0.466 e. The molecule has 1 aromatic carbocycles. The quantitative estimate of drug-likeness (QED) is 0.492. The minimum absolute atomic E-state index is 0.0296. The van der Waals surface area contributed by atoms with Crippen LogP contribution in [0, 0.1) is 5.92 Å². The normalized spacial score (nSPS) is 16.6. The first-order valence-corrected chi connectivity index (χ1v) is 11.9. The first-order valence-electron chi connectivity index (χ1n) is 11.5. The van der Waals surface area contributed by atoms with Crippen molar-refractivity contribution in [2.45, 2.75) is 32.1 Å². The fourth-order valence-corrected chi connectivity index (χ4v) is 4.84. The molecule has 2 aliphatic rings. The van der Waals surface area contributed by atoms with E-state index in [1.54, 1.807) is 19.2 Å². The highest BCUT2D eigenvalue weighted by atomic mass is 35.5. The molecule has 1 fully saturated rings. The molecule has 1 saturated heterocycles. The Balaban J connectivity index is 1.41. The Labute approximate surface area is 202 Å². The lowest BCUT2D eigenvalue weighted by Crippen LogP contribution is -2.41. The summed E-state index contributed by atoms with van der Waals surface area (Å²) < 4.78 is 18.1. The van der Waals surface area contributed by atoms with E-state index in [0.29, 0.717) is 49.1 Å². The average Bonchev–Trinajstić information content (AvgIpc) is 3.49. The van der Waals surface area contributed by atoms with E-state index >= 15 is 0 Å². The fraction of sp³-hybridized carbons (Fsp3) is 0.400. The van der Waals surface area contributed by atoms with Gasteiger partial charge in [-0.05, 0) is 49.6 Å². The summed E-state index contributed by atoms with van der Waals surface area (Å²) >= 11 is 6.27. The van der Waals surface area contributed by atoms with Crippen molar-refractivity contribution in [3.05, 3.63) is 59.0 Å². The van der Waals surface area contributed by atoms with Crippen LogP contribution in [0.25, 0.3) is 5.65 Å². The van der Waals surface area contributed by atoms with Crippen molar-refractivity contribution in [3.63, 3.8) is 0 Å². The Morgan fingerprint density at radius 3 is 2.76 bits per heavy atom. The highest BCUT2D eigenvalue weighted by Crippen LogP contribution is 2.38. The molecule has 178 valence electrons. The Bertz CT molecular complexity index is 1220. The van der Waals surface area contributed by atoms with Gasteiger partial charge in [-0.1, -0.05) is 17.7 Å². The first kappa shape index (κ1) is 22.5. The third kappa shape index (κ3) is 4.42. The Morgan fingerprint density at radius 2 is 1.97 bits per heavy atom. The van der Waals surface area contributed by atoms with Gasteiger partial charge in [0, 0.05) is 37.8 Å². The summed E-state index contributed by atoms with van der Waals surface area (Å²) in [6.45, 7) is 3.44. The lowest BCUT2D eigenvalue weighted by Gasteiger charge is -2.32. The number of rotatable bonds is 6. The molecular formula is C25H26ClN3O5. The van der Waals surface area contributed by atoms with E-state index in [9.17, 15) is 9.59 Å². The molecule has 2 aromatic heterocycles. The number of hydrogen-bond acceptors (Lipinski definition) is 6. The highest BCUT2D eigenvalue weighted by molar-refractivity contribution is 6.30. The number of aromatic nitrogens is 2. The number of hydrogen-bond donors (Lipinski definition) is 0. The maximum atomic E-state index is 13.4. The van der Waals surface area contributed by atoms with E-state index in [1.165, 1.54) is 0 Å². The molecule has 0 saturated carbocycles. The van der Waals surface area contributed by atoms with E-state index in [0.717, 1.165) is 16.9 Å². The smallest absolute Gasteiger partial charge is 0.309 e. The van der Waals surface area contributed by atoms with Crippen LogP contribution in [0.4, 0.5) is 0 Å². The van der Waals surface area contributed by atoms with Gasteiger partial charge in [0.25, 0.3) is 0 Å². The summed E-state index contributed by atoms with van der Waals surface area (Å²) in [6, 6.07) is 9.41. The van der Waals surface area contributed by atoms with Gasteiger partial charge in [-0.3, -0.25) is 9.59 Å². The molecule has 4 heterocycles. The molecule has 0 spiro atoms.